The molecule has 3 aromatic carbocycles. The van der Waals surface area contributed by atoms with Crippen molar-refractivity contribution in [3.8, 4) is 5.75 Å². The number of carbonyl (C=O) groups excluding carboxylic acids is 1. The average molecular weight is 408 g/mol. The number of benzene rings is 3. The maximum Gasteiger partial charge on any atom is 0.363 e. The molecule has 0 aromatic heterocycles. The lowest BCUT2D eigenvalue weighted by atomic mass is 10.2. The minimum Gasteiger partial charge on any atom is -0.489 e. The molecule has 0 fully saturated rings. The van der Waals surface area contributed by atoms with Crippen LogP contribution in [0, 0.1) is 5.82 Å². The molecule has 0 N–H and O–H groups in total. The zero-order valence-corrected chi connectivity index (χ0v) is 15.9. The largest absolute Gasteiger partial charge is 0.489 e. The van der Waals surface area contributed by atoms with Crippen molar-refractivity contribution in [3.05, 3.63) is 106 Å². The monoisotopic (exact) mass is 407 g/mol. The van der Waals surface area contributed by atoms with Gasteiger partial charge < -0.3 is 9.47 Å². The summed E-state index contributed by atoms with van der Waals surface area (Å²) in [6, 6.07) is 20.4. The van der Waals surface area contributed by atoms with E-state index in [2.05, 4.69) is 4.99 Å². The van der Waals surface area contributed by atoms with E-state index >= 15 is 0 Å². The van der Waals surface area contributed by atoms with Gasteiger partial charge in [0.2, 0.25) is 5.90 Å². The van der Waals surface area contributed by atoms with Gasteiger partial charge in [0.05, 0.1) is 0 Å². The summed E-state index contributed by atoms with van der Waals surface area (Å²) in [6.07, 6.45) is 1.60. The lowest BCUT2D eigenvalue weighted by Gasteiger charge is -2.07. The minimum absolute atomic E-state index is 0.0795. The third-order valence-electron chi connectivity index (χ3n) is 4.17. The third-order valence-corrected chi connectivity index (χ3v) is 4.42. The number of hydrogen-bond acceptors (Lipinski definition) is 4. The number of hydrogen-bond donors (Lipinski definition) is 0. The SMILES string of the molecule is O=C1OC(c2cccc(F)c2)=N/C1=C\c1cccc(OCc2ccc(Cl)cc2)c1. The number of carbonyl (C=O) groups is 1. The fraction of sp³-hybridized carbons (Fsp3) is 0.0435. The predicted molar refractivity (Wildman–Crippen MR) is 109 cm³/mol. The number of ether oxygens (including phenoxy) is 2. The van der Waals surface area contributed by atoms with Crippen LogP contribution in [0.25, 0.3) is 6.08 Å². The van der Waals surface area contributed by atoms with Crippen LogP contribution in [-0.2, 0) is 16.1 Å². The Morgan fingerprint density at radius 2 is 1.83 bits per heavy atom. The number of rotatable bonds is 5. The van der Waals surface area contributed by atoms with Gasteiger partial charge in [-0.25, -0.2) is 14.2 Å². The van der Waals surface area contributed by atoms with Gasteiger partial charge in [-0.3, -0.25) is 0 Å². The van der Waals surface area contributed by atoms with E-state index in [4.69, 9.17) is 21.1 Å². The zero-order chi connectivity index (χ0) is 20.2. The molecule has 4 nitrogen and oxygen atoms in total. The summed E-state index contributed by atoms with van der Waals surface area (Å²) in [4.78, 5) is 16.3. The van der Waals surface area contributed by atoms with Gasteiger partial charge in [-0.05, 0) is 59.7 Å². The van der Waals surface area contributed by atoms with Gasteiger partial charge in [0, 0.05) is 10.6 Å². The van der Waals surface area contributed by atoms with Crippen molar-refractivity contribution in [2.45, 2.75) is 6.61 Å². The lowest BCUT2D eigenvalue weighted by molar-refractivity contribution is -0.129. The highest BCUT2D eigenvalue weighted by atomic mass is 35.5. The molecule has 1 aliphatic rings. The van der Waals surface area contributed by atoms with Gasteiger partial charge in [-0.1, -0.05) is 41.9 Å². The molecule has 0 bridgehead atoms. The number of aliphatic imine (C=N–C) groups is 1. The summed E-state index contributed by atoms with van der Waals surface area (Å²) < 4.78 is 24.4. The van der Waals surface area contributed by atoms with Crippen LogP contribution >= 0.6 is 11.6 Å². The van der Waals surface area contributed by atoms with Crippen LogP contribution in [0.5, 0.6) is 5.75 Å². The Morgan fingerprint density at radius 1 is 1.03 bits per heavy atom. The van der Waals surface area contributed by atoms with E-state index in [-0.39, 0.29) is 11.6 Å². The molecule has 144 valence electrons. The molecule has 0 saturated heterocycles. The smallest absolute Gasteiger partial charge is 0.363 e. The van der Waals surface area contributed by atoms with E-state index < -0.39 is 11.8 Å². The Morgan fingerprint density at radius 3 is 2.62 bits per heavy atom. The highest BCUT2D eigenvalue weighted by Gasteiger charge is 2.24. The number of nitrogens with zero attached hydrogens (tertiary/aromatic N) is 1. The van der Waals surface area contributed by atoms with Crippen LogP contribution in [-0.4, -0.2) is 11.9 Å². The van der Waals surface area contributed by atoms with Crippen LogP contribution in [0.2, 0.25) is 5.02 Å². The van der Waals surface area contributed by atoms with Gasteiger partial charge in [0.25, 0.3) is 0 Å². The van der Waals surface area contributed by atoms with Crippen molar-refractivity contribution < 1.29 is 18.7 Å². The number of esters is 1. The molecular weight excluding hydrogens is 393 g/mol. The molecule has 1 heterocycles. The molecule has 0 amide bonds. The van der Waals surface area contributed by atoms with Crippen LogP contribution < -0.4 is 4.74 Å². The van der Waals surface area contributed by atoms with E-state index in [1.54, 1.807) is 30.3 Å². The molecule has 1 aliphatic heterocycles. The maximum absolute atomic E-state index is 13.4. The van der Waals surface area contributed by atoms with E-state index in [9.17, 15) is 9.18 Å². The van der Waals surface area contributed by atoms with Crippen LogP contribution in [0.1, 0.15) is 16.7 Å². The zero-order valence-electron chi connectivity index (χ0n) is 15.1. The van der Waals surface area contributed by atoms with Crippen LogP contribution in [0.3, 0.4) is 0 Å². The first kappa shape index (κ1) is 18.9. The minimum atomic E-state index is -0.586. The van der Waals surface area contributed by atoms with Crippen molar-refractivity contribution in [2.75, 3.05) is 0 Å². The normalized spacial score (nSPS) is 14.6. The topological polar surface area (TPSA) is 47.9 Å². The summed E-state index contributed by atoms with van der Waals surface area (Å²) >= 11 is 5.89. The average Bonchev–Trinajstić information content (AvgIpc) is 3.08. The predicted octanol–water partition coefficient (Wildman–Crippen LogP) is 5.40. The Balaban J connectivity index is 1.51. The Kier molecular flexibility index (Phi) is 5.40. The molecule has 3 aromatic rings. The fourth-order valence-electron chi connectivity index (χ4n) is 2.75. The molecule has 4 rings (SSSR count). The van der Waals surface area contributed by atoms with Crippen LogP contribution in [0.15, 0.2) is 83.5 Å². The highest BCUT2D eigenvalue weighted by Crippen LogP contribution is 2.22. The van der Waals surface area contributed by atoms with Gasteiger partial charge >= 0.3 is 5.97 Å². The van der Waals surface area contributed by atoms with Crippen molar-refractivity contribution in [3.63, 3.8) is 0 Å². The van der Waals surface area contributed by atoms with Crippen LogP contribution in [0.4, 0.5) is 4.39 Å². The summed E-state index contributed by atoms with van der Waals surface area (Å²) in [5.74, 6) is -0.285. The van der Waals surface area contributed by atoms with Gasteiger partial charge in [-0.2, -0.15) is 0 Å². The molecule has 0 atom stereocenters. The van der Waals surface area contributed by atoms with E-state index in [0.717, 1.165) is 11.1 Å². The molecular formula is C23H15ClFNO3. The quantitative estimate of drug-likeness (QED) is 0.420. The number of cyclic esters (lactones) is 1. The molecule has 0 saturated carbocycles. The molecule has 0 radical (unpaired) electrons. The van der Waals surface area contributed by atoms with Gasteiger partial charge in [-0.15, -0.1) is 0 Å². The van der Waals surface area contributed by atoms with Gasteiger partial charge in [0.15, 0.2) is 5.70 Å². The second kappa shape index (κ2) is 8.29. The molecule has 0 spiro atoms. The second-order valence-electron chi connectivity index (χ2n) is 6.33. The third kappa shape index (κ3) is 4.70. The fourth-order valence-corrected chi connectivity index (χ4v) is 2.88. The molecule has 29 heavy (non-hydrogen) atoms. The Bertz CT molecular complexity index is 1120. The molecule has 0 unspecified atom stereocenters. The van der Waals surface area contributed by atoms with Crippen molar-refractivity contribution in [2.24, 2.45) is 4.99 Å². The van der Waals surface area contributed by atoms with E-state index in [0.29, 0.717) is 22.9 Å². The molecule has 6 heteroatoms. The van der Waals surface area contributed by atoms with E-state index in [1.165, 1.54) is 18.2 Å². The lowest BCUT2D eigenvalue weighted by Crippen LogP contribution is -2.05. The number of halogens is 2. The van der Waals surface area contributed by atoms with Crippen molar-refractivity contribution in [1.29, 1.82) is 0 Å². The van der Waals surface area contributed by atoms with Gasteiger partial charge in [0.1, 0.15) is 18.2 Å². The summed E-state index contributed by atoms with van der Waals surface area (Å²) in [5.41, 5.74) is 2.26. The Hall–Kier alpha value is -3.44. The first-order chi connectivity index (χ1) is 14.1. The first-order valence-corrected chi connectivity index (χ1v) is 9.20. The maximum atomic E-state index is 13.4. The highest BCUT2D eigenvalue weighted by molar-refractivity contribution is 6.30. The van der Waals surface area contributed by atoms with E-state index in [1.807, 2.05) is 30.3 Å². The van der Waals surface area contributed by atoms with Crippen molar-refractivity contribution in [1.82, 2.24) is 0 Å². The van der Waals surface area contributed by atoms with Crippen molar-refractivity contribution >= 4 is 29.5 Å². The Labute approximate surface area is 171 Å². The molecule has 0 aliphatic carbocycles. The summed E-state index contributed by atoms with van der Waals surface area (Å²) in [7, 11) is 0. The standard InChI is InChI=1S/C23H15ClFNO3/c24-18-9-7-15(8-10-18)14-28-20-6-1-3-16(11-20)12-21-23(27)29-22(26-21)17-4-2-5-19(25)13-17/h1-13H,14H2/b21-12-. The first-order valence-electron chi connectivity index (χ1n) is 8.83. The summed E-state index contributed by atoms with van der Waals surface area (Å²) in [5, 5.41) is 0.670. The summed E-state index contributed by atoms with van der Waals surface area (Å²) in [6.45, 7) is 0.390. The second-order valence-corrected chi connectivity index (χ2v) is 6.77.